The molecule has 0 amide bonds. The maximum atomic E-state index is 12.4. The van der Waals surface area contributed by atoms with Crippen molar-refractivity contribution in [1.82, 2.24) is 0 Å². The summed E-state index contributed by atoms with van der Waals surface area (Å²) in [5.41, 5.74) is 2.58. The van der Waals surface area contributed by atoms with Crippen LogP contribution < -0.4 is 4.74 Å². The second-order valence-corrected chi connectivity index (χ2v) is 4.52. The molecule has 1 aliphatic rings. The van der Waals surface area contributed by atoms with Crippen molar-refractivity contribution in [2.75, 3.05) is 6.61 Å². The van der Waals surface area contributed by atoms with Crippen LogP contribution in [0, 0.1) is 11.3 Å². The average molecular weight is 261 g/mol. The molecule has 0 saturated carbocycles. The number of carbonyl (C=O) groups is 1. The standard InChI is InChI=1S/C17H11NO2/c18-10-13-5-3-4-12(8-13)9-14-11-20-16-7-2-1-6-15(16)17(14)19/h1-9H,11H2. The van der Waals surface area contributed by atoms with Crippen molar-refractivity contribution in [3.05, 3.63) is 70.8 Å². The fourth-order valence-electron chi connectivity index (χ4n) is 2.18. The highest BCUT2D eigenvalue weighted by Crippen LogP contribution is 2.27. The van der Waals surface area contributed by atoms with Crippen LogP contribution in [0.2, 0.25) is 0 Å². The Morgan fingerprint density at radius 2 is 2.00 bits per heavy atom. The Balaban J connectivity index is 1.98. The molecule has 0 bridgehead atoms. The van der Waals surface area contributed by atoms with E-state index in [2.05, 4.69) is 6.07 Å². The summed E-state index contributed by atoms with van der Waals surface area (Å²) in [4.78, 5) is 12.4. The van der Waals surface area contributed by atoms with Crippen molar-refractivity contribution in [2.45, 2.75) is 0 Å². The highest BCUT2D eigenvalue weighted by molar-refractivity contribution is 6.14. The van der Waals surface area contributed by atoms with Gasteiger partial charge in [0.15, 0.2) is 5.78 Å². The van der Waals surface area contributed by atoms with Gasteiger partial charge in [-0.25, -0.2) is 0 Å². The minimum Gasteiger partial charge on any atom is -0.488 e. The van der Waals surface area contributed by atoms with Gasteiger partial charge >= 0.3 is 0 Å². The molecule has 2 aromatic carbocycles. The largest absolute Gasteiger partial charge is 0.488 e. The predicted octanol–water partition coefficient (Wildman–Crippen LogP) is 3.22. The summed E-state index contributed by atoms with van der Waals surface area (Å²) in [6.45, 7) is 0.257. The third-order valence-corrected chi connectivity index (χ3v) is 3.16. The van der Waals surface area contributed by atoms with Crippen molar-refractivity contribution >= 4 is 11.9 Å². The number of rotatable bonds is 1. The molecule has 0 N–H and O–H groups in total. The highest BCUT2D eigenvalue weighted by Gasteiger charge is 2.22. The molecule has 0 aliphatic carbocycles. The van der Waals surface area contributed by atoms with Gasteiger partial charge in [-0.2, -0.15) is 5.26 Å². The number of hydrogen-bond acceptors (Lipinski definition) is 3. The smallest absolute Gasteiger partial charge is 0.196 e. The third-order valence-electron chi connectivity index (χ3n) is 3.16. The number of nitriles is 1. The molecule has 2 aromatic rings. The Kier molecular flexibility index (Phi) is 3.06. The van der Waals surface area contributed by atoms with E-state index in [0.717, 1.165) is 5.56 Å². The zero-order valence-corrected chi connectivity index (χ0v) is 10.7. The lowest BCUT2D eigenvalue weighted by molar-refractivity contribution is 0.100. The molecule has 3 heteroatoms. The molecule has 3 nitrogen and oxygen atoms in total. The number of ketones is 1. The van der Waals surface area contributed by atoms with E-state index >= 15 is 0 Å². The summed E-state index contributed by atoms with van der Waals surface area (Å²) in [6, 6.07) is 16.4. The first-order chi connectivity index (χ1) is 9.78. The molecule has 0 unspecified atom stereocenters. The van der Waals surface area contributed by atoms with Crippen molar-refractivity contribution in [3.8, 4) is 11.8 Å². The van der Waals surface area contributed by atoms with Gasteiger partial charge in [0.1, 0.15) is 12.4 Å². The summed E-state index contributed by atoms with van der Waals surface area (Å²) < 4.78 is 5.58. The fourth-order valence-corrected chi connectivity index (χ4v) is 2.18. The van der Waals surface area contributed by atoms with Gasteiger partial charge in [-0.15, -0.1) is 0 Å². The van der Waals surface area contributed by atoms with E-state index in [1.54, 1.807) is 36.4 Å². The summed E-state index contributed by atoms with van der Waals surface area (Å²) in [7, 11) is 0. The molecule has 0 spiro atoms. The molecular formula is C17H11NO2. The first-order valence-electron chi connectivity index (χ1n) is 6.25. The maximum Gasteiger partial charge on any atom is 0.196 e. The van der Waals surface area contributed by atoms with Crippen LogP contribution in [0.3, 0.4) is 0 Å². The molecule has 96 valence electrons. The zero-order chi connectivity index (χ0) is 13.9. The van der Waals surface area contributed by atoms with Gasteiger partial charge in [-0.05, 0) is 35.9 Å². The van der Waals surface area contributed by atoms with Crippen molar-refractivity contribution in [1.29, 1.82) is 5.26 Å². The Morgan fingerprint density at radius 1 is 1.15 bits per heavy atom. The lowest BCUT2D eigenvalue weighted by Gasteiger charge is -2.18. The van der Waals surface area contributed by atoms with E-state index in [4.69, 9.17) is 10.00 Å². The summed E-state index contributed by atoms with van der Waals surface area (Å²) >= 11 is 0. The van der Waals surface area contributed by atoms with Gasteiger partial charge in [-0.3, -0.25) is 4.79 Å². The summed E-state index contributed by atoms with van der Waals surface area (Å²) in [6.07, 6.45) is 1.78. The lowest BCUT2D eigenvalue weighted by atomic mass is 9.98. The van der Waals surface area contributed by atoms with Gasteiger partial charge in [-0.1, -0.05) is 24.3 Å². The first kappa shape index (κ1) is 12.2. The van der Waals surface area contributed by atoms with Gasteiger partial charge in [0.2, 0.25) is 0 Å². The van der Waals surface area contributed by atoms with Gasteiger partial charge in [0.05, 0.1) is 17.2 Å². The third kappa shape index (κ3) is 2.19. The number of para-hydroxylation sites is 1. The van der Waals surface area contributed by atoms with E-state index in [1.807, 2.05) is 18.2 Å². The number of nitrogens with zero attached hydrogens (tertiary/aromatic N) is 1. The van der Waals surface area contributed by atoms with Crippen molar-refractivity contribution < 1.29 is 9.53 Å². The van der Waals surface area contributed by atoms with Crippen LogP contribution in [0.5, 0.6) is 5.75 Å². The molecule has 0 saturated heterocycles. The number of hydrogen-bond donors (Lipinski definition) is 0. The zero-order valence-electron chi connectivity index (χ0n) is 10.7. The van der Waals surface area contributed by atoms with E-state index in [9.17, 15) is 4.79 Å². The topological polar surface area (TPSA) is 50.1 Å². The average Bonchev–Trinajstić information content (AvgIpc) is 2.50. The van der Waals surface area contributed by atoms with Gasteiger partial charge < -0.3 is 4.74 Å². The minimum atomic E-state index is -0.0192. The van der Waals surface area contributed by atoms with Crippen molar-refractivity contribution in [3.63, 3.8) is 0 Å². The number of carbonyl (C=O) groups excluding carboxylic acids is 1. The summed E-state index contributed by atoms with van der Waals surface area (Å²) in [5, 5.41) is 8.89. The van der Waals surface area contributed by atoms with Crippen LogP contribution in [0.15, 0.2) is 54.1 Å². The molecule has 1 heterocycles. The Morgan fingerprint density at radius 3 is 2.85 bits per heavy atom. The molecule has 3 rings (SSSR count). The van der Waals surface area contributed by atoms with Crippen LogP contribution in [0.4, 0.5) is 0 Å². The minimum absolute atomic E-state index is 0.0192. The molecule has 20 heavy (non-hydrogen) atoms. The van der Waals surface area contributed by atoms with E-state index < -0.39 is 0 Å². The van der Waals surface area contributed by atoms with Gasteiger partial charge in [0, 0.05) is 5.57 Å². The van der Waals surface area contributed by atoms with Crippen LogP contribution in [0.25, 0.3) is 6.08 Å². The second-order valence-electron chi connectivity index (χ2n) is 4.52. The van der Waals surface area contributed by atoms with E-state index in [1.165, 1.54) is 0 Å². The fraction of sp³-hybridized carbons (Fsp3) is 0.0588. The lowest BCUT2D eigenvalue weighted by Crippen LogP contribution is -2.18. The highest BCUT2D eigenvalue weighted by atomic mass is 16.5. The Hall–Kier alpha value is -2.86. The molecule has 0 aromatic heterocycles. The number of ether oxygens (including phenoxy) is 1. The quantitative estimate of drug-likeness (QED) is 0.740. The van der Waals surface area contributed by atoms with Crippen molar-refractivity contribution in [2.24, 2.45) is 0 Å². The van der Waals surface area contributed by atoms with Crippen LogP contribution in [-0.2, 0) is 0 Å². The van der Waals surface area contributed by atoms with Crippen LogP contribution in [0.1, 0.15) is 21.5 Å². The molecule has 0 atom stereocenters. The maximum absolute atomic E-state index is 12.4. The van der Waals surface area contributed by atoms with Crippen LogP contribution >= 0.6 is 0 Å². The molecular weight excluding hydrogens is 250 g/mol. The monoisotopic (exact) mass is 261 g/mol. The Labute approximate surface area is 116 Å². The van der Waals surface area contributed by atoms with Gasteiger partial charge in [0.25, 0.3) is 0 Å². The number of benzene rings is 2. The summed E-state index contributed by atoms with van der Waals surface area (Å²) in [5.74, 6) is 0.606. The Bertz CT molecular complexity index is 754. The first-order valence-corrected chi connectivity index (χ1v) is 6.25. The van der Waals surface area contributed by atoms with E-state index in [-0.39, 0.29) is 12.4 Å². The second kappa shape index (κ2) is 5.02. The number of Topliss-reactive ketones (excluding diaryl/α,β-unsaturated/α-hetero) is 1. The predicted molar refractivity (Wildman–Crippen MR) is 75.4 cm³/mol. The van der Waals surface area contributed by atoms with E-state index in [0.29, 0.717) is 22.4 Å². The SMILES string of the molecule is N#Cc1cccc(C=C2COc3ccccc3C2=O)c1. The molecule has 1 aliphatic heterocycles. The normalized spacial score (nSPS) is 15.3. The number of fused-ring (bicyclic) bond motifs is 1. The van der Waals surface area contributed by atoms with Crippen LogP contribution in [-0.4, -0.2) is 12.4 Å². The molecule has 0 fully saturated rings. The molecule has 0 radical (unpaired) electrons.